The van der Waals surface area contributed by atoms with Crippen LogP contribution in [0.3, 0.4) is 0 Å². The van der Waals surface area contributed by atoms with Crippen molar-refractivity contribution in [1.82, 2.24) is 9.80 Å². The quantitative estimate of drug-likeness (QED) is 0.313. The summed E-state index contributed by atoms with van der Waals surface area (Å²) < 4.78 is 0. The summed E-state index contributed by atoms with van der Waals surface area (Å²) in [7, 11) is 0. The van der Waals surface area contributed by atoms with E-state index in [-0.39, 0.29) is 95.1 Å². The van der Waals surface area contributed by atoms with E-state index in [1.165, 1.54) is 4.90 Å². The fourth-order valence-corrected chi connectivity index (χ4v) is 1.56. The van der Waals surface area contributed by atoms with E-state index in [0.717, 1.165) is 4.90 Å². The van der Waals surface area contributed by atoms with Crippen LogP contribution in [0, 0.1) is 0 Å². The third-order valence-electron chi connectivity index (χ3n) is 2.42. The van der Waals surface area contributed by atoms with E-state index in [1.54, 1.807) is 0 Å². The van der Waals surface area contributed by atoms with Gasteiger partial charge in [0.05, 0.1) is 17.9 Å². The predicted molar refractivity (Wildman–Crippen MR) is 57.5 cm³/mol. The van der Waals surface area contributed by atoms with E-state index < -0.39 is 49.9 Å². The molecule has 25 heavy (non-hydrogen) atoms. The zero-order valence-corrected chi connectivity index (χ0v) is 15.1. The van der Waals surface area contributed by atoms with Gasteiger partial charge >= 0.3 is 75.4 Å². The monoisotopic (exact) mass is 330 g/mol. The third kappa shape index (κ3) is 24.2. The SMILES string of the molecule is O=C([O-])CCN(CCN(CC(=O)[O-])CC(=O)[O-])CC(=O)[O-].[Li+].[Li+].[Li+].[Li+]. The molecule has 0 amide bonds. The molecule has 0 rings (SSSR count). The van der Waals surface area contributed by atoms with Gasteiger partial charge in [-0.15, -0.1) is 0 Å². The summed E-state index contributed by atoms with van der Waals surface area (Å²) in [6.07, 6.45) is -0.422. The molecular formula is C11H14Li4N2O8. The van der Waals surface area contributed by atoms with Gasteiger partial charge in [-0.25, -0.2) is 0 Å². The van der Waals surface area contributed by atoms with Gasteiger partial charge in [-0.1, -0.05) is 0 Å². The molecular weight excluding hydrogens is 316 g/mol. The Morgan fingerprint density at radius 2 is 0.840 bits per heavy atom. The van der Waals surface area contributed by atoms with Gasteiger partial charge in [0.15, 0.2) is 0 Å². The largest absolute Gasteiger partial charge is 1.00 e. The Labute approximate surface area is 193 Å². The second-order valence-electron chi connectivity index (χ2n) is 4.22. The molecule has 0 aliphatic rings. The maximum absolute atomic E-state index is 10.5. The zero-order chi connectivity index (χ0) is 16.4. The summed E-state index contributed by atoms with van der Waals surface area (Å²) in [5.41, 5.74) is 0. The Kier molecular flexibility index (Phi) is 29.7. The maximum Gasteiger partial charge on any atom is 1.00 e. The Morgan fingerprint density at radius 1 is 0.520 bits per heavy atom. The van der Waals surface area contributed by atoms with E-state index in [9.17, 15) is 39.6 Å². The summed E-state index contributed by atoms with van der Waals surface area (Å²) in [4.78, 5) is 43.9. The molecule has 0 aliphatic heterocycles. The van der Waals surface area contributed by atoms with Crippen LogP contribution in [-0.2, 0) is 19.2 Å². The van der Waals surface area contributed by atoms with Crippen LogP contribution in [-0.4, -0.2) is 72.9 Å². The summed E-state index contributed by atoms with van der Waals surface area (Å²) in [5, 5.41) is 41.8. The van der Waals surface area contributed by atoms with E-state index in [2.05, 4.69) is 0 Å². The first-order valence-corrected chi connectivity index (χ1v) is 5.94. The van der Waals surface area contributed by atoms with Gasteiger partial charge < -0.3 is 39.6 Å². The number of carboxylic acid groups (broad SMARTS) is 4. The molecule has 0 atom stereocenters. The second-order valence-corrected chi connectivity index (χ2v) is 4.22. The van der Waals surface area contributed by atoms with Crippen LogP contribution < -0.4 is 95.9 Å². The molecule has 0 saturated heterocycles. The Morgan fingerprint density at radius 3 is 1.16 bits per heavy atom. The maximum atomic E-state index is 10.5. The molecule has 120 valence electrons. The summed E-state index contributed by atoms with van der Waals surface area (Å²) >= 11 is 0. The smallest absolute Gasteiger partial charge is 0.550 e. The minimum atomic E-state index is -1.50. The van der Waals surface area contributed by atoms with Crippen LogP contribution in [0.5, 0.6) is 0 Å². The number of hydrogen-bond donors (Lipinski definition) is 0. The Balaban J connectivity index is -0.000000333. The van der Waals surface area contributed by atoms with Crippen LogP contribution in [0.25, 0.3) is 0 Å². The molecule has 14 heteroatoms. The van der Waals surface area contributed by atoms with Crippen molar-refractivity contribution in [2.24, 2.45) is 0 Å². The number of nitrogens with zero attached hydrogens (tertiary/aromatic N) is 2. The van der Waals surface area contributed by atoms with Crippen molar-refractivity contribution < 1.29 is 115 Å². The fourth-order valence-electron chi connectivity index (χ4n) is 1.56. The van der Waals surface area contributed by atoms with Gasteiger partial charge in [-0.05, 0) is 6.42 Å². The molecule has 0 bridgehead atoms. The number of aliphatic carboxylic acids is 4. The van der Waals surface area contributed by atoms with Crippen molar-refractivity contribution in [3.63, 3.8) is 0 Å². The molecule has 0 spiro atoms. The molecule has 0 N–H and O–H groups in total. The first-order chi connectivity index (χ1) is 9.70. The Hall–Kier alpha value is 0.190. The zero-order valence-electron chi connectivity index (χ0n) is 15.1. The molecule has 0 aliphatic carbocycles. The molecule has 0 aromatic rings. The average molecular weight is 330 g/mol. The summed E-state index contributed by atoms with van der Waals surface area (Å²) in [5.74, 6) is -5.82. The topological polar surface area (TPSA) is 167 Å². The van der Waals surface area contributed by atoms with E-state index >= 15 is 0 Å². The molecule has 0 aromatic heterocycles. The minimum Gasteiger partial charge on any atom is -0.550 e. The van der Waals surface area contributed by atoms with Crippen LogP contribution >= 0.6 is 0 Å². The number of hydrogen-bond acceptors (Lipinski definition) is 10. The van der Waals surface area contributed by atoms with Crippen LogP contribution in [0.15, 0.2) is 0 Å². The molecule has 0 fully saturated rings. The van der Waals surface area contributed by atoms with Gasteiger partial charge in [0.1, 0.15) is 0 Å². The van der Waals surface area contributed by atoms with Gasteiger partial charge in [-0.2, -0.15) is 0 Å². The number of carbonyl (C=O) groups is 4. The van der Waals surface area contributed by atoms with Crippen molar-refractivity contribution in [2.45, 2.75) is 6.42 Å². The van der Waals surface area contributed by atoms with Crippen LogP contribution in [0.1, 0.15) is 6.42 Å². The van der Waals surface area contributed by atoms with Gasteiger partial charge in [-0.3, -0.25) is 9.80 Å². The van der Waals surface area contributed by atoms with Crippen molar-refractivity contribution in [3.8, 4) is 0 Å². The fraction of sp³-hybridized carbons (Fsp3) is 0.636. The van der Waals surface area contributed by atoms with Crippen molar-refractivity contribution in [1.29, 1.82) is 0 Å². The van der Waals surface area contributed by atoms with E-state index in [1.807, 2.05) is 0 Å². The average Bonchev–Trinajstić information content (AvgIpc) is 2.30. The number of carbonyl (C=O) groups excluding carboxylic acids is 4. The normalized spacial score (nSPS) is 9.04. The van der Waals surface area contributed by atoms with Crippen molar-refractivity contribution in [2.75, 3.05) is 39.3 Å². The first-order valence-electron chi connectivity index (χ1n) is 5.94. The molecule has 0 unspecified atom stereocenters. The molecule has 10 nitrogen and oxygen atoms in total. The van der Waals surface area contributed by atoms with E-state index in [4.69, 9.17) is 0 Å². The van der Waals surface area contributed by atoms with E-state index in [0.29, 0.717) is 0 Å². The van der Waals surface area contributed by atoms with Crippen LogP contribution in [0.4, 0.5) is 0 Å². The van der Waals surface area contributed by atoms with Gasteiger partial charge in [0, 0.05) is 45.2 Å². The predicted octanol–water partition coefficient (Wildman–Crippen LogP) is -19.0. The third-order valence-corrected chi connectivity index (χ3v) is 2.42. The van der Waals surface area contributed by atoms with Gasteiger partial charge in [0.2, 0.25) is 0 Å². The standard InChI is InChI=1S/C11H18N2O8.4Li/c14-8(15)1-2-12(5-9(16)17)3-4-13(6-10(18)19)7-11(20)21;;;;/h1-7H2,(H,14,15)(H,16,17)(H,18,19)(H,20,21);;;;/q;4*+1/p-4. The minimum absolute atomic E-state index is 0. The molecule has 0 radical (unpaired) electrons. The van der Waals surface area contributed by atoms with Gasteiger partial charge in [0.25, 0.3) is 0 Å². The second kappa shape index (κ2) is 20.5. The first kappa shape index (κ1) is 36.2. The molecule has 0 heterocycles. The molecule has 0 aromatic carbocycles. The number of rotatable bonds is 12. The summed E-state index contributed by atoms with van der Waals surface area (Å²) in [6, 6.07) is 0. The molecule has 0 saturated carbocycles. The van der Waals surface area contributed by atoms with Crippen molar-refractivity contribution >= 4 is 23.9 Å². The summed E-state index contributed by atoms with van der Waals surface area (Å²) in [6.45, 7) is -2.26. The van der Waals surface area contributed by atoms with Crippen molar-refractivity contribution in [3.05, 3.63) is 0 Å². The van der Waals surface area contributed by atoms with Crippen LogP contribution in [0.2, 0.25) is 0 Å². The Bertz CT molecular complexity index is 398. The number of carboxylic acids is 4.